The van der Waals surface area contributed by atoms with Gasteiger partial charge in [-0.05, 0) is 55.0 Å². The summed E-state index contributed by atoms with van der Waals surface area (Å²) in [7, 11) is 1.63. The van der Waals surface area contributed by atoms with Crippen LogP contribution in [0.1, 0.15) is 11.4 Å². The molecule has 0 bridgehead atoms. The normalized spacial score (nSPS) is 10.5. The molecule has 0 spiro atoms. The molecule has 0 aliphatic rings. The van der Waals surface area contributed by atoms with Gasteiger partial charge in [0, 0.05) is 0 Å². The van der Waals surface area contributed by atoms with Crippen LogP contribution in [0.5, 0.6) is 11.5 Å². The van der Waals surface area contributed by atoms with Gasteiger partial charge in [0.05, 0.1) is 12.8 Å². The second kappa shape index (κ2) is 6.66. The molecule has 0 atom stereocenters. The van der Waals surface area contributed by atoms with E-state index in [-0.39, 0.29) is 0 Å². The van der Waals surface area contributed by atoms with Crippen LogP contribution in [0.3, 0.4) is 0 Å². The number of aromatic nitrogens is 3. The number of nitrogens with one attached hydrogen (secondary N) is 1. The fraction of sp³-hybridized carbons (Fsp3) is 0.176. The van der Waals surface area contributed by atoms with Crippen LogP contribution in [0, 0.1) is 11.7 Å². The van der Waals surface area contributed by atoms with Crippen molar-refractivity contribution in [2.75, 3.05) is 7.11 Å². The van der Waals surface area contributed by atoms with Gasteiger partial charge in [-0.1, -0.05) is 18.2 Å². The lowest BCUT2D eigenvalue weighted by Gasteiger charge is -2.11. The fourth-order valence-corrected chi connectivity index (χ4v) is 2.56. The molecule has 0 saturated carbocycles. The molecule has 5 nitrogen and oxygen atoms in total. The summed E-state index contributed by atoms with van der Waals surface area (Å²) in [4.78, 5) is 0. The Morgan fingerprint density at radius 2 is 1.78 bits per heavy atom. The highest BCUT2D eigenvalue weighted by Gasteiger charge is 2.11. The van der Waals surface area contributed by atoms with Gasteiger partial charge in [-0.15, -0.1) is 0 Å². The molecule has 0 fully saturated rings. The zero-order chi connectivity index (χ0) is 16.2. The Morgan fingerprint density at radius 3 is 2.48 bits per heavy atom. The molecule has 3 aromatic rings. The summed E-state index contributed by atoms with van der Waals surface area (Å²) >= 11 is 5.35. The second-order valence-corrected chi connectivity index (χ2v) is 5.42. The van der Waals surface area contributed by atoms with E-state index in [1.54, 1.807) is 7.11 Å². The van der Waals surface area contributed by atoms with Gasteiger partial charge >= 0.3 is 0 Å². The molecule has 1 aromatic heterocycles. The van der Waals surface area contributed by atoms with E-state index in [0.29, 0.717) is 11.4 Å². The van der Waals surface area contributed by atoms with Gasteiger partial charge in [0.2, 0.25) is 0 Å². The molecule has 0 unspecified atom stereocenters. The van der Waals surface area contributed by atoms with Crippen molar-refractivity contribution in [2.45, 2.75) is 13.5 Å². The number of methoxy groups -OCH3 is 1. The van der Waals surface area contributed by atoms with Gasteiger partial charge in [0.25, 0.3) is 0 Å². The first-order valence-corrected chi connectivity index (χ1v) is 7.59. The van der Waals surface area contributed by atoms with Gasteiger partial charge in [0.1, 0.15) is 18.1 Å². The maximum atomic E-state index is 5.80. The number of nitrogens with zero attached hydrogens (tertiary/aromatic N) is 2. The Kier molecular flexibility index (Phi) is 4.43. The largest absolute Gasteiger partial charge is 0.497 e. The van der Waals surface area contributed by atoms with Crippen LogP contribution in [-0.4, -0.2) is 21.9 Å². The first kappa shape index (κ1) is 15.3. The van der Waals surface area contributed by atoms with Gasteiger partial charge in [-0.2, -0.15) is 5.10 Å². The average molecular weight is 327 g/mol. The summed E-state index contributed by atoms with van der Waals surface area (Å²) in [5.74, 6) is 2.26. The molecule has 6 heteroatoms. The van der Waals surface area contributed by atoms with Gasteiger partial charge in [-0.3, -0.25) is 9.67 Å². The summed E-state index contributed by atoms with van der Waals surface area (Å²) in [6.45, 7) is 2.35. The summed E-state index contributed by atoms with van der Waals surface area (Å²) in [5, 5.41) is 7.11. The number of rotatable bonds is 5. The van der Waals surface area contributed by atoms with Gasteiger partial charge in [-0.25, -0.2) is 0 Å². The number of benzene rings is 2. The number of H-pyrrole nitrogens is 1. The lowest BCUT2D eigenvalue weighted by molar-refractivity contribution is 0.292. The van der Waals surface area contributed by atoms with Crippen molar-refractivity contribution in [1.82, 2.24) is 14.8 Å². The number of hydrogen-bond acceptors (Lipinski definition) is 4. The van der Waals surface area contributed by atoms with Crippen LogP contribution < -0.4 is 9.47 Å². The SMILES string of the molecule is COc1ccc(OCc2n[nH]c(=S)n2-c2ccccc2C)cc1. The quantitative estimate of drug-likeness (QED) is 0.724. The Bertz CT molecular complexity index is 853. The molecular formula is C17H17N3O2S. The maximum absolute atomic E-state index is 5.80. The van der Waals surface area contributed by atoms with Crippen LogP contribution in [0.15, 0.2) is 48.5 Å². The van der Waals surface area contributed by atoms with Crippen molar-refractivity contribution in [3.05, 3.63) is 64.7 Å². The highest BCUT2D eigenvalue weighted by molar-refractivity contribution is 7.71. The lowest BCUT2D eigenvalue weighted by atomic mass is 10.2. The van der Waals surface area contributed by atoms with Crippen LogP contribution >= 0.6 is 12.2 Å². The van der Waals surface area contributed by atoms with E-state index in [9.17, 15) is 0 Å². The predicted molar refractivity (Wildman–Crippen MR) is 90.8 cm³/mol. The van der Waals surface area contributed by atoms with Gasteiger partial charge < -0.3 is 9.47 Å². The number of hydrogen-bond donors (Lipinski definition) is 1. The fourth-order valence-electron chi connectivity index (χ4n) is 2.31. The summed E-state index contributed by atoms with van der Waals surface area (Å²) in [5.41, 5.74) is 2.12. The minimum absolute atomic E-state index is 0.313. The minimum atomic E-state index is 0.313. The summed E-state index contributed by atoms with van der Waals surface area (Å²) in [6, 6.07) is 15.5. The van der Waals surface area contributed by atoms with Crippen LogP contribution in [-0.2, 0) is 6.61 Å². The molecule has 0 aliphatic carbocycles. The Labute approximate surface area is 139 Å². The molecule has 0 saturated heterocycles. The first-order valence-electron chi connectivity index (χ1n) is 7.18. The smallest absolute Gasteiger partial charge is 0.199 e. The van der Waals surface area contributed by atoms with Crippen LogP contribution in [0.4, 0.5) is 0 Å². The molecule has 1 N–H and O–H groups in total. The van der Waals surface area contributed by atoms with E-state index in [1.165, 1.54) is 0 Å². The highest BCUT2D eigenvalue weighted by Crippen LogP contribution is 2.20. The topological polar surface area (TPSA) is 52.1 Å². The maximum Gasteiger partial charge on any atom is 0.199 e. The predicted octanol–water partition coefficient (Wildman–Crippen LogP) is 3.83. The van der Waals surface area contributed by atoms with Crippen molar-refractivity contribution >= 4 is 12.2 Å². The monoisotopic (exact) mass is 327 g/mol. The molecule has 0 aliphatic heterocycles. The van der Waals surface area contributed by atoms with Crippen molar-refractivity contribution in [3.8, 4) is 17.2 Å². The Balaban J connectivity index is 1.84. The number of aryl methyl sites for hydroxylation is 1. The van der Waals surface area contributed by atoms with Crippen LogP contribution in [0.2, 0.25) is 0 Å². The third-order valence-electron chi connectivity index (χ3n) is 3.53. The second-order valence-electron chi connectivity index (χ2n) is 5.03. The number of ether oxygens (including phenoxy) is 2. The third kappa shape index (κ3) is 3.27. The minimum Gasteiger partial charge on any atom is -0.497 e. The molecule has 1 heterocycles. The van der Waals surface area contributed by atoms with E-state index < -0.39 is 0 Å². The number of aromatic amines is 1. The molecule has 23 heavy (non-hydrogen) atoms. The van der Waals surface area contributed by atoms with Gasteiger partial charge in [0.15, 0.2) is 10.6 Å². The van der Waals surface area contributed by atoms with E-state index in [2.05, 4.69) is 10.2 Å². The van der Waals surface area contributed by atoms with Crippen LogP contribution in [0.25, 0.3) is 5.69 Å². The zero-order valence-electron chi connectivity index (χ0n) is 12.9. The van der Waals surface area contributed by atoms with E-state index in [4.69, 9.17) is 21.7 Å². The molecule has 0 radical (unpaired) electrons. The molecule has 3 rings (SSSR count). The van der Waals surface area contributed by atoms with E-state index >= 15 is 0 Å². The highest BCUT2D eigenvalue weighted by atomic mass is 32.1. The number of para-hydroxylation sites is 1. The zero-order valence-corrected chi connectivity index (χ0v) is 13.8. The first-order chi connectivity index (χ1) is 11.2. The summed E-state index contributed by atoms with van der Waals surface area (Å²) in [6.07, 6.45) is 0. The van der Waals surface area contributed by atoms with E-state index in [0.717, 1.165) is 28.6 Å². The van der Waals surface area contributed by atoms with Crippen molar-refractivity contribution in [2.24, 2.45) is 0 Å². The third-order valence-corrected chi connectivity index (χ3v) is 3.80. The molecule has 0 amide bonds. The van der Waals surface area contributed by atoms with E-state index in [1.807, 2.05) is 60.0 Å². The lowest BCUT2D eigenvalue weighted by Crippen LogP contribution is -2.07. The average Bonchev–Trinajstić information content (AvgIpc) is 2.94. The van der Waals surface area contributed by atoms with Crippen molar-refractivity contribution in [3.63, 3.8) is 0 Å². The standard InChI is InChI=1S/C17H17N3O2S/c1-12-5-3-4-6-15(12)20-16(18-19-17(20)23)11-22-14-9-7-13(21-2)8-10-14/h3-10H,11H2,1-2H3,(H,19,23). The molecule has 118 valence electrons. The Morgan fingerprint density at radius 1 is 1.09 bits per heavy atom. The molecular weight excluding hydrogens is 310 g/mol. The molecule has 2 aromatic carbocycles. The van der Waals surface area contributed by atoms with Crippen molar-refractivity contribution in [1.29, 1.82) is 0 Å². The summed E-state index contributed by atoms with van der Waals surface area (Å²) < 4.78 is 13.4. The van der Waals surface area contributed by atoms with Crippen molar-refractivity contribution < 1.29 is 9.47 Å². The Hall–Kier alpha value is -2.60.